The van der Waals surface area contributed by atoms with Crippen LogP contribution < -0.4 is 10.1 Å². The zero-order valence-electron chi connectivity index (χ0n) is 12.2. The summed E-state index contributed by atoms with van der Waals surface area (Å²) in [7, 11) is 0. The van der Waals surface area contributed by atoms with Crippen molar-refractivity contribution in [1.29, 1.82) is 0 Å². The number of nitrogens with one attached hydrogen (secondary N) is 1. The molecule has 0 spiro atoms. The number of carbonyl (C=O) groups is 2. The van der Waals surface area contributed by atoms with Gasteiger partial charge in [-0.05, 0) is 37.1 Å². The van der Waals surface area contributed by atoms with Gasteiger partial charge in [0.2, 0.25) is 0 Å². The van der Waals surface area contributed by atoms with E-state index in [9.17, 15) is 14.7 Å². The summed E-state index contributed by atoms with van der Waals surface area (Å²) >= 11 is 3.31. The smallest absolute Gasteiger partial charge is 0.311 e. The standard InChI is InChI=1S/C15H20BrNO4/c1-3-15(4-2,14(19)20)10-17-13(18)9-21-12-7-5-11(16)6-8-12/h5-8H,3-4,9-10H2,1-2H3,(H,17,18)(H,19,20). The second-order valence-electron chi connectivity index (χ2n) is 4.81. The number of carboxylic acid groups (broad SMARTS) is 1. The lowest BCUT2D eigenvalue weighted by Crippen LogP contribution is -2.43. The molecule has 0 aliphatic heterocycles. The molecule has 0 unspecified atom stereocenters. The lowest BCUT2D eigenvalue weighted by molar-refractivity contribution is -0.149. The van der Waals surface area contributed by atoms with Gasteiger partial charge in [-0.3, -0.25) is 9.59 Å². The molecule has 0 radical (unpaired) electrons. The molecular weight excluding hydrogens is 338 g/mol. The lowest BCUT2D eigenvalue weighted by atomic mass is 9.82. The van der Waals surface area contributed by atoms with Gasteiger partial charge < -0.3 is 15.2 Å². The van der Waals surface area contributed by atoms with Crippen molar-refractivity contribution >= 4 is 27.8 Å². The van der Waals surface area contributed by atoms with Crippen molar-refractivity contribution in [3.8, 4) is 5.75 Å². The second kappa shape index (κ2) is 8.02. The summed E-state index contributed by atoms with van der Waals surface area (Å²) in [5.74, 6) is -0.629. The Morgan fingerprint density at radius 3 is 2.29 bits per heavy atom. The SMILES string of the molecule is CCC(CC)(CNC(=O)COc1ccc(Br)cc1)C(=O)O. The van der Waals surface area contributed by atoms with Gasteiger partial charge in [0.05, 0.1) is 5.41 Å². The highest BCUT2D eigenvalue weighted by molar-refractivity contribution is 9.10. The summed E-state index contributed by atoms with van der Waals surface area (Å²) in [5, 5.41) is 11.9. The molecule has 1 amide bonds. The molecule has 21 heavy (non-hydrogen) atoms. The summed E-state index contributed by atoms with van der Waals surface area (Å²) < 4.78 is 6.26. The molecule has 5 nitrogen and oxygen atoms in total. The first kappa shape index (κ1) is 17.5. The lowest BCUT2D eigenvalue weighted by Gasteiger charge is -2.26. The Morgan fingerprint density at radius 2 is 1.81 bits per heavy atom. The Hall–Kier alpha value is -1.56. The van der Waals surface area contributed by atoms with Crippen LogP contribution in [0.5, 0.6) is 5.75 Å². The van der Waals surface area contributed by atoms with Crippen LogP contribution in [-0.4, -0.2) is 30.1 Å². The van der Waals surface area contributed by atoms with E-state index >= 15 is 0 Å². The van der Waals surface area contributed by atoms with Gasteiger partial charge in [0.15, 0.2) is 6.61 Å². The van der Waals surface area contributed by atoms with Crippen molar-refractivity contribution in [2.24, 2.45) is 5.41 Å². The van der Waals surface area contributed by atoms with Crippen LogP contribution in [-0.2, 0) is 9.59 Å². The van der Waals surface area contributed by atoms with Gasteiger partial charge in [-0.1, -0.05) is 29.8 Å². The first-order chi connectivity index (χ1) is 9.93. The summed E-state index contributed by atoms with van der Waals surface area (Å²) in [6.07, 6.45) is 0.930. The number of carbonyl (C=O) groups excluding carboxylic acids is 1. The first-order valence-corrected chi connectivity index (χ1v) is 7.61. The van der Waals surface area contributed by atoms with E-state index in [4.69, 9.17) is 4.74 Å². The highest BCUT2D eigenvalue weighted by Crippen LogP contribution is 2.25. The van der Waals surface area contributed by atoms with E-state index in [1.807, 2.05) is 26.0 Å². The molecule has 0 bridgehead atoms. The Bertz CT molecular complexity index is 483. The van der Waals surface area contributed by atoms with Gasteiger partial charge in [0.1, 0.15) is 5.75 Å². The molecule has 0 aromatic heterocycles. The molecule has 0 heterocycles. The number of hydrogen-bond donors (Lipinski definition) is 2. The van der Waals surface area contributed by atoms with Gasteiger partial charge in [-0.25, -0.2) is 0 Å². The van der Waals surface area contributed by atoms with Crippen molar-refractivity contribution in [2.45, 2.75) is 26.7 Å². The monoisotopic (exact) mass is 357 g/mol. The normalized spacial score (nSPS) is 11.0. The molecule has 0 aliphatic rings. The molecule has 1 rings (SSSR count). The highest BCUT2D eigenvalue weighted by atomic mass is 79.9. The van der Waals surface area contributed by atoms with E-state index < -0.39 is 11.4 Å². The number of halogens is 1. The number of aliphatic carboxylic acids is 1. The molecule has 1 aromatic rings. The number of carboxylic acids is 1. The molecule has 6 heteroatoms. The van der Waals surface area contributed by atoms with Crippen molar-refractivity contribution < 1.29 is 19.4 Å². The molecule has 0 saturated carbocycles. The summed E-state index contributed by atoms with van der Waals surface area (Å²) in [6.45, 7) is 3.59. The minimum absolute atomic E-state index is 0.109. The molecular formula is C15H20BrNO4. The van der Waals surface area contributed by atoms with E-state index in [1.54, 1.807) is 12.1 Å². The van der Waals surface area contributed by atoms with Crippen LogP contribution in [0.15, 0.2) is 28.7 Å². The summed E-state index contributed by atoms with van der Waals surface area (Å²) in [4.78, 5) is 23.1. The van der Waals surface area contributed by atoms with Crippen LogP contribution in [0.25, 0.3) is 0 Å². The van der Waals surface area contributed by atoms with E-state index in [2.05, 4.69) is 21.2 Å². The third kappa shape index (κ3) is 5.04. The van der Waals surface area contributed by atoms with Gasteiger partial charge in [-0.15, -0.1) is 0 Å². The van der Waals surface area contributed by atoms with Crippen LogP contribution in [0.1, 0.15) is 26.7 Å². The molecule has 2 N–H and O–H groups in total. The molecule has 0 fully saturated rings. The fourth-order valence-electron chi connectivity index (χ4n) is 1.88. The maximum Gasteiger partial charge on any atom is 0.311 e. The summed E-state index contributed by atoms with van der Waals surface area (Å²) in [6, 6.07) is 7.13. The molecule has 1 aromatic carbocycles. The van der Waals surface area contributed by atoms with Crippen LogP contribution in [0, 0.1) is 5.41 Å². The average Bonchev–Trinajstić information content (AvgIpc) is 2.48. The number of amides is 1. The maximum absolute atomic E-state index is 11.7. The van der Waals surface area contributed by atoms with E-state index in [-0.39, 0.29) is 19.1 Å². The fourth-order valence-corrected chi connectivity index (χ4v) is 2.14. The average molecular weight is 358 g/mol. The molecule has 116 valence electrons. The Morgan fingerprint density at radius 1 is 1.24 bits per heavy atom. The second-order valence-corrected chi connectivity index (χ2v) is 5.73. The molecule has 0 atom stereocenters. The zero-order valence-corrected chi connectivity index (χ0v) is 13.8. The predicted molar refractivity (Wildman–Crippen MR) is 83.3 cm³/mol. The third-order valence-electron chi connectivity index (χ3n) is 3.61. The molecule has 0 aliphatic carbocycles. The largest absolute Gasteiger partial charge is 0.484 e. The number of ether oxygens (including phenoxy) is 1. The van der Waals surface area contributed by atoms with E-state index in [0.717, 1.165) is 4.47 Å². The quantitative estimate of drug-likeness (QED) is 0.749. The first-order valence-electron chi connectivity index (χ1n) is 6.82. The van der Waals surface area contributed by atoms with Gasteiger partial charge in [0.25, 0.3) is 5.91 Å². The van der Waals surface area contributed by atoms with Gasteiger partial charge in [0, 0.05) is 11.0 Å². The number of rotatable bonds is 8. The minimum Gasteiger partial charge on any atom is -0.484 e. The van der Waals surface area contributed by atoms with Gasteiger partial charge in [-0.2, -0.15) is 0 Å². The minimum atomic E-state index is -0.909. The molecule has 0 saturated heterocycles. The predicted octanol–water partition coefficient (Wildman–Crippen LogP) is 2.84. The van der Waals surface area contributed by atoms with E-state index in [0.29, 0.717) is 18.6 Å². The zero-order chi connectivity index (χ0) is 15.9. The topological polar surface area (TPSA) is 75.6 Å². The number of hydrogen-bond acceptors (Lipinski definition) is 3. The Balaban J connectivity index is 2.46. The van der Waals surface area contributed by atoms with Crippen molar-refractivity contribution in [3.63, 3.8) is 0 Å². The van der Waals surface area contributed by atoms with Gasteiger partial charge >= 0.3 is 5.97 Å². The van der Waals surface area contributed by atoms with Crippen LogP contribution >= 0.6 is 15.9 Å². The van der Waals surface area contributed by atoms with Crippen LogP contribution in [0.4, 0.5) is 0 Å². The summed E-state index contributed by atoms with van der Waals surface area (Å²) in [5.41, 5.74) is -0.909. The Labute approximate surface area is 132 Å². The van der Waals surface area contributed by atoms with Crippen LogP contribution in [0.3, 0.4) is 0 Å². The van der Waals surface area contributed by atoms with Crippen molar-refractivity contribution in [2.75, 3.05) is 13.2 Å². The number of benzene rings is 1. The third-order valence-corrected chi connectivity index (χ3v) is 4.14. The fraction of sp³-hybridized carbons (Fsp3) is 0.467. The van der Waals surface area contributed by atoms with E-state index in [1.165, 1.54) is 0 Å². The Kier molecular flexibility index (Phi) is 6.68. The van der Waals surface area contributed by atoms with Crippen molar-refractivity contribution in [1.82, 2.24) is 5.32 Å². The maximum atomic E-state index is 11.7. The van der Waals surface area contributed by atoms with Crippen molar-refractivity contribution in [3.05, 3.63) is 28.7 Å². The highest BCUT2D eigenvalue weighted by Gasteiger charge is 2.35. The van der Waals surface area contributed by atoms with Crippen LogP contribution in [0.2, 0.25) is 0 Å².